The first-order valence-electron chi connectivity index (χ1n) is 11.9. The summed E-state index contributed by atoms with van der Waals surface area (Å²) < 4.78 is 14.0. The van der Waals surface area contributed by atoms with Crippen LogP contribution in [0.1, 0.15) is 33.4 Å². The average Bonchev–Trinajstić information content (AvgIpc) is 2.84. The van der Waals surface area contributed by atoms with Crippen molar-refractivity contribution in [1.82, 2.24) is 0 Å². The van der Waals surface area contributed by atoms with E-state index in [9.17, 15) is 10.2 Å². The zero-order valence-electron chi connectivity index (χ0n) is 20.2. The van der Waals surface area contributed by atoms with Crippen LogP contribution in [0.2, 0.25) is 0 Å². The maximum absolute atomic E-state index is 11.4. The molecule has 2 aliphatic carbocycles. The van der Waals surface area contributed by atoms with E-state index < -0.39 is 6.10 Å². The lowest BCUT2D eigenvalue weighted by molar-refractivity contribution is 0.159. The molecule has 0 fully saturated rings. The van der Waals surface area contributed by atoms with Crippen molar-refractivity contribution in [2.75, 3.05) is 14.2 Å². The van der Waals surface area contributed by atoms with E-state index in [0.717, 1.165) is 57.6 Å². The Balaban J connectivity index is 1.72. The molecule has 0 saturated carbocycles. The molecule has 0 saturated heterocycles. The molecule has 36 heavy (non-hydrogen) atoms. The average molecular weight is 706 g/mol. The Hall–Kier alpha value is -2.04. The summed E-state index contributed by atoms with van der Waals surface area (Å²) in [5, 5.41) is 22.8. The first-order chi connectivity index (χ1) is 17.4. The number of phenols is 1. The summed E-state index contributed by atoms with van der Waals surface area (Å²) in [7, 11) is 3.39. The second-order valence-electron chi connectivity index (χ2n) is 9.41. The Kier molecular flexibility index (Phi) is 7.65. The second-order valence-corrected chi connectivity index (χ2v) is 11.9. The number of hydrogen-bond donors (Lipinski definition) is 2. The highest BCUT2D eigenvalue weighted by Crippen LogP contribution is 2.39. The number of ether oxygens (including phenoxy) is 2. The largest absolute Gasteiger partial charge is 0.507 e. The lowest BCUT2D eigenvalue weighted by Gasteiger charge is -2.28. The number of fused-ring (bicyclic) bond motifs is 8. The maximum atomic E-state index is 11.4. The van der Waals surface area contributed by atoms with Gasteiger partial charge < -0.3 is 19.7 Å². The predicted molar refractivity (Wildman–Crippen MR) is 160 cm³/mol. The van der Waals surface area contributed by atoms with Gasteiger partial charge in [0.15, 0.2) is 0 Å². The van der Waals surface area contributed by atoms with E-state index in [1.165, 1.54) is 0 Å². The molecule has 0 heterocycles. The number of phenolic OH excluding ortho intramolecular Hbond substituents is 1. The van der Waals surface area contributed by atoms with E-state index in [2.05, 4.69) is 81.6 Å². The van der Waals surface area contributed by atoms with Crippen molar-refractivity contribution in [1.29, 1.82) is 0 Å². The van der Waals surface area contributed by atoms with Crippen LogP contribution in [0.4, 0.5) is 0 Å². The summed E-state index contributed by atoms with van der Waals surface area (Å²) in [5.41, 5.74) is 6.82. The summed E-state index contributed by atoms with van der Waals surface area (Å²) in [6, 6.07) is 16.4. The monoisotopic (exact) mass is 706 g/mol. The predicted octanol–water partition coefficient (Wildman–Crippen LogP) is 6.53. The highest BCUT2D eigenvalue weighted by atomic mass is 127. The molecule has 3 aromatic carbocycles. The number of aliphatic hydroxyl groups is 1. The molecule has 2 atom stereocenters. The Morgan fingerprint density at radius 3 is 1.89 bits per heavy atom. The van der Waals surface area contributed by atoms with Gasteiger partial charge in [-0.1, -0.05) is 42.5 Å². The van der Waals surface area contributed by atoms with E-state index in [1.54, 1.807) is 14.2 Å². The van der Waals surface area contributed by atoms with E-state index >= 15 is 0 Å². The Labute approximate surface area is 239 Å². The molecule has 2 aliphatic rings. The van der Waals surface area contributed by atoms with Crippen LogP contribution in [0.15, 0.2) is 69.8 Å². The third kappa shape index (κ3) is 5.04. The number of methoxy groups -OCH3 is 2. The molecule has 5 rings (SSSR count). The SMILES string of the molecule is COc1c2cccc1Cc1cc(I)cc(c1O)Cc1cccc(c1OC)C[C@@H]1C=C(I)C=C(C2)C1O. The van der Waals surface area contributed by atoms with Crippen molar-refractivity contribution >= 4 is 45.2 Å². The Morgan fingerprint density at radius 2 is 1.31 bits per heavy atom. The first kappa shape index (κ1) is 25.6. The number of halogens is 2. The van der Waals surface area contributed by atoms with Gasteiger partial charge in [-0.15, -0.1) is 0 Å². The number of hydrogen-bond acceptors (Lipinski definition) is 4. The van der Waals surface area contributed by atoms with E-state index in [0.29, 0.717) is 31.4 Å². The molecule has 0 spiro atoms. The highest BCUT2D eigenvalue weighted by molar-refractivity contribution is 14.1. The van der Waals surface area contributed by atoms with Crippen LogP contribution >= 0.6 is 45.2 Å². The van der Waals surface area contributed by atoms with Crippen LogP contribution in [0.3, 0.4) is 0 Å². The topological polar surface area (TPSA) is 58.9 Å². The molecule has 8 bridgehead atoms. The van der Waals surface area contributed by atoms with E-state index in [-0.39, 0.29) is 5.92 Å². The standard InChI is InChI=1S/C30H28I2O4/c1-35-29-17-5-3-6-18(29)10-22-14-26(32)16-24(28(22)34)12-20-8-4-7-19(30(20)36-2)11-23-15-25(31)13-21(9-17)27(23)33/h3-8,13-16,21,27,33-34H,9-12H2,1-2H3/t21-,27?/m1/s1. The molecule has 0 aliphatic heterocycles. The van der Waals surface area contributed by atoms with Gasteiger partial charge in [0.05, 0.1) is 20.3 Å². The van der Waals surface area contributed by atoms with Crippen LogP contribution in [-0.2, 0) is 25.7 Å². The number of allylic oxidation sites excluding steroid dienone is 2. The smallest absolute Gasteiger partial charge is 0.125 e. The van der Waals surface area contributed by atoms with Gasteiger partial charge in [-0.3, -0.25) is 0 Å². The minimum absolute atomic E-state index is 0.0687. The summed E-state index contributed by atoms with van der Waals surface area (Å²) in [6.07, 6.45) is 5.98. The minimum atomic E-state index is -0.600. The van der Waals surface area contributed by atoms with Crippen LogP contribution in [0.5, 0.6) is 17.2 Å². The van der Waals surface area contributed by atoms with Gasteiger partial charge in [-0.05, 0) is 115 Å². The zero-order valence-corrected chi connectivity index (χ0v) is 24.5. The summed E-state index contributed by atoms with van der Waals surface area (Å²) >= 11 is 4.66. The van der Waals surface area contributed by atoms with Crippen molar-refractivity contribution in [2.45, 2.75) is 31.8 Å². The Bertz CT molecular complexity index is 1380. The van der Waals surface area contributed by atoms with Gasteiger partial charge in [0.2, 0.25) is 0 Å². The van der Waals surface area contributed by atoms with Crippen molar-refractivity contribution in [3.63, 3.8) is 0 Å². The van der Waals surface area contributed by atoms with Gasteiger partial charge >= 0.3 is 0 Å². The maximum Gasteiger partial charge on any atom is 0.125 e. The van der Waals surface area contributed by atoms with Gasteiger partial charge in [0.1, 0.15) is 17.2 Å². The molecule has 0 aromatic heterocycles. The molecule has 3 aromatic rings. The van der Waals surface area contributed by atoms with Gasteiger partial charge in [-0.25, -0.2) is 0 Å². The summed E-state index contributed by atoms with van der Waals surface area (Å²) in [4.78, 5) is 0. The molecular formula is C30H28I2O4. The second kappa shape index (κ2) is 10.8. The quantitative estimate of drug-likeness (QED) is 0.298. The third-order valence-corrected chi connectivity index (χ3v) is 8.38. The van der Waals surface area contributed by atoms with Crippen molar-refractivity contribution in [2.24, 2.45) is 5.92 Å². The van der Waals surface area contributed by atoms with Crippen LogP contribution < -0.4 is 9.47 Å². The first-order valence-corrected chi connectivity index (χ1v) is 14.1. The molecule has 4 nitrogen and oxygen atoms in total. The van der Waals surface area contributed by atoms with E-state index in [1.807, 2.05) is 24.3 Å². The fourth-order valence-corrected chi connectivity index (χ4v) is 7.07. The van der Waals surface area contributed by atoms with Crippen LogP contribution in [0.25, 0.3) is 0 Å². The van der Waals surface area contributed by atoms with Crippen molar-refractivity contribution in [3.8, 4) is 17.2 Å². The van der Waals surface area contributed by atoms with Gasteiger partial charge in [-0.2, -0.15) is 0 Å². The highest BCUT2D eigenvalue weighted by Gasteiger charge is 2.28. The van der Waals surface area contributed by atoms with Gasteiger partial charge in [0.25, 0.3) is 0 Å². The molecule has 186 valence electrons. The van der Waals surface area contributed by atoms with Crippen LogP contribution in [0, 0.1) is 9.49 Å². The molecular weight excluding hydrogens is 678 g/mol. The number of aromatic hydroxyl groups is 1. The zero-order chi connectivity index (χ0) is 25.4. The van der Waals surface area contributed by atoms with Crippen LogP contribution in [-0.4, -0.2) is 30.5 Å². The fourth-order valence-electron chi connectivity index (χ4n) is 5.46. The fraction of sp³-hybridized carbons (Fsp3) is 0.267. The molecule has 0 amide bonds. The number of benzene rings is 3. The number of aliphatic hydroxyl groups excluding tert-OH is 1. The summed E-state index contributed by atoms with van der Waals surface area (Å²) in [6.45, 7) is 0. The van der Waals surface area contributed by atoms with E-state index in [4.69, 9.17) is 9.47 Å². The minimum Gasteiger partial charge on any atom is -0.507 e. The molecule has 1 unspecified atom stereocenters. The third-order valence-electron chi connectivity index (χ3n) is 7.09. The lowest BCUT2D eigenvalue weighted by atomic mass is 9.82. The van der Waals surface area contributed by atoms with Crippen molar-refractivity contribution < 1.29 is 19.7 Å². The van der Waals surface area contributed by atoms with Crippen molar-refractivity contribution in [3.05, 3.63) is 107 Å². The lowest BCUT2D eigenvalue weighted by Crippen LogP contribution is -2.27. The normalized spacial score (nSPS) is 19.2. The number of para-hydroxylation sites is 2. The molecule has 6 heteroatoms. The number of rotatable bonds is 2. The molecule has 2 N–H and O–H groups in total. The Morgan fingerprint density at radius 1 is 0.778 bits per heavy atom. The summed E-state index contributed by atoms with van der Waals surface area (Å²) in [5.74, 6) is 1.88. The van der Waals surface area contributed by atoms with Gasteiger partial charge in [0, 0.05) is 25.9 Å². The molecule has 0 radical (unpaired) electrons.